The Hall–Kier alpha value is -2.18. The highest BCUT2D eigenvalue weighted by atomic mass is 18.2. The zero-order chi connectivity index (χ0) is 16.7. The molecule has 1 unspecified atom stereocenters. The summed E-state index contributed by atoms with van der Waals surface area (Å²) >= 11 is 0. The molecule has 2 fully saturated rings. The smallest absolute Gasteiger partial charge is 0.350 e. The van der Waals surface area contributed by atoms with Gasteiger partial charge in [-0.1, -0.05) is 12.1 Å². The fraction of sp³-hybridized carbons (Fsp3) is 0.412. The summed E-state index contributed by atoms with van der Waals surface area (Å²) in [6.07, 6.45) is 2.79. The molecule has 0 spiro atoms. The molecule has 122 valence electrons. The first-order chi connectivity index (χ1) is 11.8. The maximum Gasteiger partial charge on any atom is 0.350 e. The summed E-state index contributed by atoms with van der Waals surface area (Å²) in [5.41, 5.74) is 2.06. The number of halogens is 2. The van der Waals surface area contributed by atoms with Crippen molar-refractivity contribution in [1.29, 1.82) is 0 Å². The van der Waals surface area contributed by atoms with E-state index in [0.717, 1.165) is 42.1 Å². The molecule has 7 heteroatoms. The van der Waals surface area contributed by atoms with E-state index < -0.39 is 0 Å². The number of alkyl halides is 1. The third-order valence-electron chi connectivity index (χ3n) is 5.30. The van der Waals surface area contributed by atoms with Crippen LogP contribution in [0.3, 0.4) is 0 Å². The third kappa shape index (κ3) is 2.34. The van der Waals surface area contributed by atoms with Crippen LogP contribution in [-0.2, 0) is 0 Å². The maximum absolute atomic E-state index is 12.4. The van der Waals surface area contributed by atoms with Crippen LogP contribution in [0.4, 0.5) is 14.5 Å². The molecule has 2 aromatic heterocycles. The second-order valence-corrected chi connectivity index (χ2v) is 6.43. The minimum absolute atomic E-state index is 0.178. The van der Waals surface area contributed by atoms with Crippen molar-refractivity contribution in [2.75, 3.05) is 24.7 Å². The number of anilines is 1. The minimum Gasteiger partial charge on any atom is -0.356 e. The molecule has 1 saturated heterocycles. The van der Waals surface area contributed by atoms with Crippen LogP contribution in [0, 0.1) is 17.8 Å². The van der Waals surface area contributed by atoms with E-state index >= 15 is 0 Å². The largest absolute Gasteiger partial charge is 0.356 e. The van der Waals surface area contributed by atoms with Crippen molar-refractivity contribution >= 4 is 30.8 Å². The van der Waals surface area contributed by atoms with Gasteiger partial charge in [0.2, 0.25) is 5.78 Å². The van der Waals surface area contributed by atoms with Crippen molar-refractivity contribution in [3.63, 3.8) is 0 Å². The summed E-state index contributed by atoms with van der Waals surface area (Å²) in [4.78, 5) is 11.6. The maximum atomic E-state index is 12.4. The molecule has 3 atom stereocenters. The van der Waals surface area contributed by atoms with Crippen LogP contribution in [0.5, 0.6) is 0 Å². The van der Waals surface area contributed by atoms with Crippen LogP contribution < -0.4 is 4.90 Å². The van der Waals surface area contributed by atoms with E-state index in [-0.39, 0.29) is 6.67 Å². The summed E-state index contributed by atoms with van der Waals surface area (Å²) in [5.74, 6) is 3.70. The van der Waals surface area contributed by atoms with Crippen LogP contribution in [0.2, 0.25) is 0 Å². The van der Waals surface area contributed by atoms with Crippen LogP contribution >= 0.6 is 0 Å². The Balaban J connectivity index is 0.000000704. The molecule has 2 radical (unpaired) electrons. The molecule has 24 heavy (non-hydrogen) atoms. The summed E-state index contributed by atoms with van der Waals surface area (Å²) in [6.45, 7) is 1.85. The molecule has 3 heterocycles. The van der Waals surface area contributed by atoms with E-state index in [2.05, 4.69) is 36.3 Å². The van der Waals surface area contributed by atoms with E-state index in [1.165, 1.54) is 0 Å². The lowest BCUT2D eigenvalue weighted by Gasteiger charge is -2.20. The van der Waals surface area contributed by atoms with Gasteiger partial charge >= 0.3 is 8.12 Å². The van der Waals surface area contributed by atoms with Gasteiger partial charge in [-0.15, -0.1) is 0 Å². The predicted octanol–water partition coefficient (Wildman–Crippen LogP) is 2.96. The lowest BCUT2D eigenvalue weighted by atomic mass is 10.2. The molecule has 0 N–H and O–H groups in total. The highest BCUT2D eigenvalue weighted by Crippen LogP contribution is 2.54. The average Bonchev–Trinajstić information content (AvgIpc) is 3.01. The van der Waals surface area contributed by atoms with Crippen molar-refractivity contribution in [3.05, 3.63) is 36.5 Å². The highest BCUT2D eigenvalue weighted by Gasteiger charge is 2.55. The number of aromatic nitrogens is 3. The summed E-state index contributed by atoms with van der Waals surface area (Å²) in [5, 5.41) is 0. The number of para-hydroxylation sites is 2. The molecule has 1 aliphatic carbocycles. The molecule has 1 aromatic carbocycles. The fourth-order valence-corrected chi connectivity index (χ4v) is 4.11. The Morgan fingerprint density at radius 1 is 1.08 bits per heavy atom. The van der Waals surface area contributed by atoms with Gasteiger partial charge in [0.05, 0.1) is 17.7 Å². The van der Waals surface area contributed by atoms with Gasteiger partial charge in [0.15, 0.2) is 0 Å². The number of rotatable bonds is 3. The molecule has 1 aliphatic heterocycles. The molecule has 3 aromatic rings. The topological polar surface area (TPSA) is 33.4 Å². The fourth-order valence-electron chi connectivity index (χ4n) is 4.11. The van der Waals surface area contributed by atoms with Crippen LogP contribution in [0.1, 0.15) is 6.42 Å². The second-order valence-electron chi connectivity index (χ2n) is 6.43. The van der Waals surface area contributed by atoms with Crippen molar-refractivity contribution in [2.24, 2.45) is 17.8 Å². The molecule has 4 nitrogen and oxygen atoms in total. The number of imidazole rings is 1. The van der Waals surface area contributed by atoms with E-state index in [0.29, 0.717) is 17.8 Å². The number of nitrogens with zero attached hydrogens (tertiary/aromatic N) is 4. The standard InChI is InChI=1S/C17H17FN4.BF/c18-7-5-11-12-9-21(10-13(11)12)16-6-8-22-15-4-2-1-3-14(15)19-17(22)20-16;1-2/h1-4,6,8,11-13H,5,7,9-10H2;/t11?,12-,13+;/i18-1;2-1. The SMILES string of the molecule is [18F]CCC1[C@H]2CN(c3ccn4c(n3)nc3ccccc34)C[C@@H]12.[B][18F]. The summed E-state index contributed by atoms with van der Waals surface area (Å²) in [6, 6.07) is 10.1. The number of hydrogen-bond acceptors (Lipinski definition) is 3. The Kier molecular flexibility index (Phi) is 3.86. The summed E-state index contributed by atoms with van der Waals surface area (Å²) < 4.78 is 23.5. The normalized spacial score (nSPS) is 24.8. The Morgan fingerprint density at radius 3 is 2.58 bits per heavy atom. The van der Waals surface area contributed by atoms with Gasteiger partial charge < -0.3 is 9.22 Å². The van der Waals surface area contributed by atoms with Crippen molar-refractivity contribution < 1.29 is 8.71 Å². The number of piperidine rings is 1. The van der Waals surface area contributed by atoms with Gasteiger partial charge in [-0.2, -0.15) is 4.98 Å². The molecule has 1 saturated carbocycles. The van der Waals surface area contributed by atoms with Gasteiger partial charge in [-0.05, 0) is 42.4 Å². The second kappa shape index (κ2) is 6.04. The van der Waals surface area contributed by atoms with E-state index in [9.17, 15) is 4.39 Å². The molecule has 0 amide bonds. The van der Waals surface area contributed by atoms with Gasteiger partial charge in [-0.25, -0.2) is 4.98 Å². The molecular weight excluding hydrogens is 307 g/mol. The molecule has 2 aliphatic rings. The lowest BCUT2D eigenvalue weighted by Crippen LogP contribution is -2.25. The lowest BCUT2D eigenvalue weighted by molar-refractivity contribution is 0.431. The molecule has 0 bridgehead atoms. The van der Waals surface area contributed by atoms with Crippen molar-refractivity contribution in [1.82, 2.24) is 14.4 Å². The predicted molar refractivity (Wildman–Crippen MR) is 90.6 cm³/mol. The first-order valence-electron chi connectivity index (χ1n) is 8.12. The van der Waals surface area contributed by atoms with E-state index in [1.54, 1.807) is 0 Å². The first kappa shape index (κ1) is 15.4. The molecule has 5 rings (SSSR count). The van der Waals surface area contributed by atoms with Gasteiger partial charge in [-0.3, -0.25) is 8.79 Å². The average molecular weight is 324 g/mol. The van der Waals surface area contributed by atoms with Gasteiger partial charge in [0, 0.05) is 19.3 Å². The van der Waals surface area contributed by atoms with Gasteiger partial charge in [0.1, 0.15) is 5.82 Å². The Labute approximate surface area is 140 Å². The number of fused-ring (bicyclic) bond motifs is 4. The zero-order valence-electron chi connectivity index (χ0n) is 13.1. The Morgan fingerprint density at radius 2 is 1.83 bits per heavy atom. The van der Waals surface area contributed by atoms with Crippen LogP contribution in [0.15, 0.2) is 36.5 Å². The minimum atomic E-state index is -0.178. The third-order valence-corrected chi connectivity index (χ3v) is 5.30. The highest BCUT2D eigenvalue weighted by molar-refractivity contribution is 5.96. The quantitative estimate of drug-likeness (QED) is 0.695. The summed E-state index contributed by atoms with van der Waals surface area (Å²) in [7, 11) is 3.00. The monoisotopic (exact) mass is 324 g/mol. The van der Waals surface area contributed by atoms with Crippen molar-refractivity contribution in [3.8, 4) is 0 Å². The number of hydrogen-bond donors (Lipinski definition) is 0. The zero-order valence-corrected chi connectivity index (χ0v) is 13.1. The first-order valence-corrected chi connectivity index (χ1v) is 8.12. The molecular formula is C17H17BF2N4. The van der Waals surface area contributed by atoms with Crippen LogP contribution in [-0.4, -0.2) is 42.3 Å². The van der Waals surface area contributed by atoms with E-state index in [1.807, 2.05) is 22.6 Å². The van der Waals surface area contributed by atoms with Crippen molar-refractivity contribution in [2.45, 2.75) is 6.42 Å². The Bertz CT molecular complexity index is 856. The van der Waals surface area contributed by atoms with Crippen LogP contribution in [0.25, 0.3) is 16.8 Å². The van der Waals surface area contributed by atoms with E-state index in [4.69, 9.17) is 9.30 Å². The number of benzene rings is 1. The van der Waals surface area contributed by atoms with Gasteiger partial charge in [0.25, 0.3) is 0 Å².